The molecule has 5 N–H and O–H groups in total. The van der Waals surface area contributed by atoms with Crippen LogP contribution in [0.15, 0.2) is 66.7 Å². The number of hydrogen-bond acceptors (Lipinski definition) is 8. The van der Waals surface area contributed by atoms with E-state index in [4.69, 9.17) is 10.5 Å². The van der Waals surface area contributed by atoms with E-state index in [0.29, 0.717) is 29.5 Å². The van der Waals surface area contributed by atoms with E-state index in [2.05, 4.69) is 31.3 Å². The van der Waals surface area contributed by atoms with Gasteiger partial charge >= 0.3 is 5.97 Å². The summed E-state index contributed by atoms with van der Waals surface area (Å²) >= 11 is 0. The van der Waals surface area contributed by atoms with Gasteiger partial charge in [-0.2, -0.15) is 5.21 Å². The van der Waals surface area contributed by atoms with Crippen molar-refractivity contribution in [2.45, 2.75) is 45.1 Å². The van der Waals surface area contributed by atoms with E-state index in [1.807, 2.05) is 0 Å². The summed E-state index contributed by atoms with van der Waals surface area (Å²) < 4.78 is 20.2. The number of ether oxygens (including phenoxy) is 1. The molecule has 0 aliphatic heterocycles. The number of nitrogens with zero attached hydrogens (tertiary/aromatic N) is 3. The van der Waals surface area contributed by atoms with Gasteiger partial charge in [-0.25, -0.2) is 9.18 Å². The molecule has 1 saturated carbocycles. The molecule has 0 bridgehead atoms. The Labute approximate surface area is 260 Å². The number of anilines is 1. The highest BCUT2D eigenvalue weighted by Crippen LogP contribution is 2.29. The van der Waals surface area contributed by atoms with Crippen molar-refractivity contribution >= 4 is 23.5 Å². The van der Waals surface area contributed by atoms with Crippen molar-refractivity contribution < 1.29 is 23.5 Å². The van der Waals surface area contributed by atoms with Gasteiger partial charge in [0.15, 0.2) is 0 Å². The molecule has 1 aliphatic rings. The molecule has 5 rings (SSSR count). The maximum Gasteiger partial charge on any atom is 0.341 e. The maximum atomic E-state index is 15.2. The molecule has 1 aromatic heterocycles. The number of nitrogens with two attached hydrogens (primary N) is 1. The molecule has 3 aromatic carbocycles. The van der Waals surface area contributed by atoms with Crippen LogP contribution < -0.4 is 16.4 Å². The first-order valence-corrected chi connectivity index (χ1v) is 15.1. The Morgan fingerprint density at radius 3 is 2.36 bits per heavy atom. The number of H-pyrrole nitrogens is 1. The van der Waals surface area contributed by atoms with Gasteiger partial charge in [-0.15, -0.1) is 10.2 Å². The van der Waals surface area contributed by atoms with Gasteiger partial charge in [0.05, 0.1) is 12.2 Å². The number of carbonyl (C=O) groups excluding carboxylic acids is 3. The lowest BCUT2D eigenvalue weighted by atomic mass is 9.81. The molecular formula is C33H36FN7O4. The van der Waals surface area contributed by atoms with Crippen molar-refractivity contribution in [1.82, 2.24) is 25.9 Å². The third-order valence-corrected chi connectivity index (χ3v) is 8.14. The molecular weight excluding hydrogens is 577 g/mol. The number of aromatic amines is 1. The van der Waals surface area contributed by atoms with Gasteiger partial charge < -0.3 is 21.1 Å². The van der Waals surface area contributed by atoms with Crippen LogP contribution in [0.2, 0.25) is 0 Å². The van der Waals surface area contributed by atoms with E-state index in [1.54, 1.807) is 67.6 Å². The number of benzene rings is 3. The fourth-order valence-corrected chi connectivity index (χ4v) is 5.55. The lowest BCUT2D eigenvalue weighted by Gasteiger charge is -2.28. The molecule has 1 heterocycles. The van der Waals surface area contributed by atoms with E-state index >= 15 is 4.39 Å². The number of hydrogen-bond donors (Lipinski definition) is 4. The van der Waals surface area contributed by atoms with Gasteiger partial charge in [0.25, 0.3) is 0 Å². The highest BCUT2D eigenvalue weighted by molar-refractivity contribution is 5.98. The van der Waals surface area contributed by atoms with Crippen LogP contribution in [-0.2, 0) is 20.7 Å². The van der Waals surface area contributed by atoms with E-state index in [0.717, 1.165) is 36.8 Å². The van der Waals surface area contributed by atoms with Crippen LogP contribution in [0.4, 0.5) is 10.1 Å². The van der Waals surface area contributed by atoms with Crippen molar-refractivity contribution in [2.24, 2.45) is 17.6 Å². The number of esters is 1. The Balaban J connectivity index is 1.32. The van der Waals surface area contributed by atoms with Gasteiger partial charge in [-0.1, -0.05) is 36.4 Å². The summed E-state index contributed by atoms with van der Waals surface area (Å²) in [4.78, 5) is 39.0. The van der Waals surface area contributed by atoms with Gasteiger partial charge in [-0.3, -0.25) is 9.59 Å². The zero-order chi connectivity index (χ0) is 31.8. The van der Waals surface area contributed by atoms with Crippen LogP contribution in [0.25, 0.3) is 22.5 Å². The average Bonchev–Trinajstić information content (AvgIpc) is 3.61. The minimum atomic E-state index is -0.864. The zero-order valence-corrected chi connectivity index (χ0v) is 25.0. The van der Waals surface area contributed by atoms with Crippen LogP contribution in [0.1, 0.15) is 48.5 Å². The molecule has 1 atom stereocenters. The Kier molecular flexibility index (Phi) is 10.3. The Morgan fingerprint density at radius 1 is 1.00 bits per heavy atom. The van der Waals surface area contributed by atoms with Crippen LogP contribution in [0.5, 0.6) is 0 Å². The SMILES string of the molecule is CCOC(=O)c1cccc(-c2ccc(C[C@H](NC(=O)C3CCC(CN)CC3)C(=O)Nc3ccc(-c4nn[nH]n4)cc3)cc2)c1F. The normalized spacial score (nSPS) is 16.9. The fourth-order valence-electron chi connectivity index (χ4n) is 5.55. The quantitative estimate of drug-likeness (QED) is 0.182. The molecule has 234 valence electrons. The molecule has 2 amide bonds. The monoisotopic (exact) mass is 613 g/mol. The Morgan fingerprint density at radius 2 is 1.71 bits per heavy atom. The molecule has 12 heteroatoms. The van der Waals surface area contributed by atoms with E-state index in [-0.39, 0.29) is 41.9 Å². The number of rotatable bonds is 11. The third-order valence-electron chi connectivity index (χ3n) is 8.14. The minimum absolute atomic E-state index is 0.135. The average molecular weight is 614 g/mol. The molecule has 0 unspecified atom stereocenters. The standard InChI is InChI=1S/C33H36FN7O4/c1-2-45-33(44)27-5-3-4-26(29(27)34)22-10-6-20(7-11-22)18-28(37-31(42)24-12-8-21(19-35)9-13-24)32(43)36-25-16-14-23(15-17-25)30-38-40-41-39-30/h3-7,10-11,14-17,21,24,28H,2,8-9,12-13,18-19,35H2,1H3,(H,36,43)(H,37,42)(H,38,39,40,41)/t21?,24?,28-/m0/s1. The highest BCUT2D eigenvalue weighted by Gasteiger charge is 2.29. The molecule has 1 aliphatic carbocycles. The molecule has 0 radical (unpaired) electrons. The highest BCUT2D eigenvalue weighted by atomic mass is 19.1. The summed E-state index contributed by atoms with van der Waals surface area (Å²) in [6, 6.07) is 17.7. The second-order valence-corrected chi connectivity index (χ2v) is 11.1. The molecule has 1 fully saturated rings. The minimum Gasteiger partial charge on any atom is -0.462 e. The zero-order valence-electron chi connectivity index (χ0n) is 25.0. The van der Waals surface area contributed by atoms with Crippen LogP contribution >= 0.6 is 0 Å². The molecule has 0 spiro atoms. The Bertz CT molecular complexity index is 1600. The number of carbonyl (C=O) groups is 3. The summed E-state index contributed by atoms with van der Waals surface area (Å²) in [5, 5.41) is 19.8. The lowest BCUT2D eigenvalue weighted by molar-refractivity contribution is -0.130. The fraction of sp³-hybridized carbons (Fsp3) is 0.333. The van der Waals surface area contributed by atoms with Crippen molar-refractivity contribution in [2.75, 3.05) is 18.5 Å². The second-order valence-electron chi connectivity index (χ2n) is 11.1. The molecule has 45 heavy (non-hydrogen) atoms. The number of amides is 2. The third kappa shape index (κ3) is 7.76. The van der Waals surface area contributed by atoms with Crippen LogP contribution in [0, 0.1) is 17.7 Å². The van der Waals surface area contributed by atoms with E-state index in [9.17, 15) is 14.4 Å². The number of tetrazole rings is 1. The summed E-state index contributed by atoms with van der Waals surface area (Å²) in [5.41, 5.74) is 8.54. The summed E-state index contributed by atoms with van der Waals surface area (Å²) in [6.07, 6.45) is 3.43. The van der Waals surface area contributed by atoms with Crippen molar-refractivity contribution in [3.63, 3.8) is 0 Å². The molecule has 0 saturated heterocycles. The first-order valence-electron chi connectivity index (χ1n) is 15.1. The van der Waals surface area contributed by atoms with Crippen LogP contribution in [0.3, 0.4) is 0 Å². The van der Waals surface area contributed by atoms with E-state index < -0.39 is 17.8 Å². The summed E-state index contributed by atoms with van der Waals surface area (Å²) in [6.45, 7) is 2.41. The summed E-state index contributed by atoms with van der Waals surface area (Å²) in [7, 11) is 0. The predicted octanol–water partition coefficient (Wildman–Crippen LogP) is 4.28. The van der Waals surface area contributed by atoms with Crippen molar-refractivity contribution in [1.29, 1.82) is 0 Å². The Hall–Kier alpha value is -4.97. The molecule has 11 nitrogen and oxygen atoms in total. The first kappa shape index (κ1) is 31.5. The summed E-state index contributed by atoms with van der Waals surface area (Å²) in [5.74, 6) is -1.25. The topological polar surface area (TPSA) is 165 Å². The predicted molar refractivity (Wildman–Crippen MR) is 166 cm³/mol. The van der Waals surface area contributed by atoms with Gasteiger partial charge in [-0.05, 0) is 91.7 Å². The van der Waals surface area contributed by atoms with Crippen molar-refractivity contribution in [3.8, 4) is 22.5 Å². The smallest absolute Gasteiger partial charge is 0.341 e. The van der Waals surface area contributed by atoms with Crippen LogP contribution in [-0.4, -0.2) is 57.6 Å². The number of nitrogens with one attached hydrogen (secondary N) is 3. The lowest BCUT2D eigenvalue weighted by Crippen LogP contribution is -2.48. The number of halogens is 1. The largest absolute Gasteiger partial charge is 0.462 e. The van der Waals surface area contributed by atoms with Crippen molar-refractivity contribution in [3.05, 3.63) is 83.7 Å². The maximum absolute atomic E-state index is 15.2. The molecule has 4 aromatic rings. The first-order chi connectivity index (χ1) is 21.9. The van der Waals surface area contributed by atoms with Gasteiger partial charge in [0, 0.05) is 29.2 Å². The second kappa shape index (κ2) is 14.7. The van der Waals surface area contributed by atoms with Gasteiger partial charge in [0.1, 0.15) is 11.9 Å². The van der Waals surface area contributed by atoms with Gasteiger partial charge in [0.2, 0.25) is 17.6 Å². The van der Waals surface area contributed by atoms with E-state index in [1.165, 1.54) is 6.07 Å². The number of aromatic nitrogens is 4.